The maximum Gasteiger partial charge on any atom is 0.249 e. The molecule has 20 heavy (non-hydrogen) atoms. The molecule has 0 aliphatic heterocycles. The number of imidazole rings is 1. The molecule has 0 aliphatic carbocycles. The molecule has 100 valence electrons. The summed E-state index contributed by atoms with van der Waals surface area (Å²) < 4.78 is 9.14. The van der Waals surface area contributed by atoms with E-state index in [2.05, 4.69) is 36.8 Å². The number of benzene rings is 1. The van der Waals surface area contributed by atoms with Gasteiger partial charge in [-0.2, -0.15) is 4.98 Å². The van der Waals surface area contributed by atoms with Crippen LogP contribution in [0.5, 0.6) is 11.6 Å². The minimum atomic E-state index is 0.286. The second-order valence-corrected chi connectivity index (χ2v) is 5.80. The van der Waals surface area contributed by atoms with E-state index in [0.717, 1.165) is 15.2 Å². The van der Waals surface area contributed by atoms with Crippen molar-refractivity contribution in [2.24, 2.45) is 0 Å². The molecule has 0 unspecified atom stereocenters. The van der Waals surface area contributed by atoms with Crippen LogP contribution in [0.3, 0.4) is 0 Å². The maximum absolute atomic E-state index is 11.3. The normalized spacial score (nSPS) is 10.7. The molecule has 0 amide bonds. The molecule has 0 saturated heterocycles. The first kappa shape index (κ1) is 13.3. The van der Waals surface area contributed by atoms with Crippen molar-refractivity contribution in [3.05, 3.63) is 57.2 Å². The van der Waals surface area contributed by atoms with Crippen molar-refractivity contribution >= 4 is 43.8 Å². The molecule has 0 bridgehead atoms. The molecular weight excluding hydrogens is 388 g/mol. The van der Waals surface area contributed by atoms with Crippen molar-refractivity contribution in [2.75, 3.05) is 0 Å². The molecule has 2 heterocycles. The Labute approximate surface area is 131 Å². The smallest absolute Gasteiger partial charge is 0.249 e. The standard InChI is InChI=1S/C14H8Br2N2O2/c15-9-4-5-12(10(16)7-9)20-14-11(8-19)18-6-2-1-3-13(18)17-14/h1-8H. The highest BCUT2D eigenvalue weighted by Gasteiger charge is 2.14. The monoisotopic (exact) mass is 394 g/mol. The number of ether oxygens (including phenoxy) is 1. The largest absolute Gasteiger partial charge is 0.436 e. The summed E-state index contributed by atoms with van der Waals surface area (Å²) in [6.07, 6.45) is 2.51. The third kappa shape index (κ3) is 2.36. The van der Waals surface area contributed by atoms with E-state index in [-0.39, 0.29) is 5.88 Å². The topological polar surface area (TPSA) is 43.6 Å². The third-order valence-electron chi connectivity index (χ3n) is 2.75. The lowest BCUT2D eigenvalue weighted by atomic mass is 10.3. The van der Waals surface area contributed by atoms with Crippen LogP contribution in [-0.2, 0) is 0 Å². The Hall–Kier alpha value is -1.66. The molecule has 6 heteroatoms. The highest BCUT2D eigenvalue weighted by molar-refractivity contribution is 9.11. The van der Waals surface area contributed by atoms with Gasteiger partial charge in [-0.3, -0.25) is 9.20 Å². The first-order valence-corrected chi connectivity index (χ1v) is 7.33. The van der Waals surface area contributed by atoms with Crippen LogP contribution in [0.4, 0.5) is 0 Å². The zero-order valence-corrected chi connectivity index (χ0v) is 13.3. The number of aldehydes is 1. The lowest BCUT2D eigenvalue weighted by Crippen LogP contribution is -1.93. The van der Waals surface area contributed by atoms with Crippen molar-refractivity contribution in [1.29, 1.82) is 0 Å². The van der Waals surface area contributed by atoms with Crippen molar-refractivity contribution < 1.29 is 9.53 Å². The summed E-state index contributed by atoms with van der Waals surface area (Å²) in [5.41, 5.74) is 1.05. The van der Waals surface area contributed by atoms with Crippen LogP contribution >= 0.6 is 31.9 Å². The van der Waals surface area contributed by atoms with Crippen molar-refractivity contribution in [3.8, 4) is 11.6 Å². The molecule has 0 atom stereocenters. The van der Waals surface area contributed by atoms with Gasteiger partial charge in [0.2, 0.25) is 5.88 Å². The van der Waals surface area contributed by atoms with Gasteiger partial charge in [-0.25, -0.2) is 0 Å². The second kappa shape index (κ2) is 5.38. The lowest BCUT2D eigenvalue weighted by molar-refractivity contribution is 0.111. The van der Waals surface area contributed by atoms with Gasteiger partial charge in [0.25, 0.3) is 0 Å². The van der Waals surface area contributed by atoms with Crippen LogP contribution in [0.25, 0.3) is 5.65 Å². The Morgan fingerprint density at radius 2 is 2.05 bits per heavy atom. The van der Waals surface area contributed by atoms with Crippen molar-refractivity contribution in [1.82, 2.24) is 9.38 Å². The molecule has 4 nitrogen and oxygen atoms in total. The number of hydrogen-bond donors (Lipinski definition) is 0. The van der Waals surface area contributed by atoms with Gasteiger partial charge < -0.3 is 4.74 Å². The Morgan fingerprint density at radius 1 is 1.20 bits per heavy atom. The van der Waals surface area contributed by atoms with Gasteiger partial charge in [0.05, 0.1) is 4.47 Å². The molecule has 0 fully saturated rings. The second-order valence-electron chi connectivity index (χ2n) is 4.03. The molecule has 0 spiro atoms. The van der Waals surface area contributed by atoms with Gasteiger partial charge >= 0.3 is 0 Å². The zero-order valence-electron chi connectivity index (χ0n) is 10.1. The number of rotatable bonds is 3. The molecule has 1 aromatic carbocycles. The van der Waals surface area contributed by atoms with E-state index < -0.39 is 0 Å². The summed E-state index contributed by atoms with van der Waals surface area (Å²) in [6, 6.07) is 11.0. The highest BCUT2D eigenvalue weighted by Crippen LogP contribution is 2.32. The Bertz CT molecular complexity index is 799. The number of hydrogen-bond acceptors (Lipinski definition) is 3. The molecule has 3 rings (SSSR count). The third-order valence-corrected chi connectivity index (χ3v) is 3.86. The fourth-order valence-corrected chi connectivity index (χ4v) is 2.97. The zero-order chi connectivity index (χ0) is 14.1. The van der Waals surface area contributed by atoms with Crippen LogP contribution in [0.15, 0.2) is 51.5 Å². The van der Waals surface area contributed by atoms with Crippen LogP contribution < -0.4 is 4.74 Å². The summed E-state index contributed by atoms with van der Waals surface area (Å²) in [5.74, 6) is 0.883. The van der Waals surface area contributed by atoms with Gasteiger partial charge in [-0.1, -0.05) is 22.0 Å². The Morgan fingerprint density at radius 3 is 2.80 bits per heavy atom. The van der Waals surface area contributed by atoms with Crippen molar-refractivity contribution in [3.63, 3.8) is 0 Å². The molecule has 0 N–H and O–H groups in total. The quantitative estimate of drug-likeness (QED) is 0.614. The van der Waals surface area contributed by atoms with Gasteiger partial charge in [0.1, 0.15) is 11.4 Å². The average Bonchev–Trinajstić information content (AvgIpc) is 2.79. The summed E-state index contributed by atoms with van der Waals surface area (Å²) in [5, 5.41) is 0. The summed E-state index contributed by atoms with van der Waals surface area (Å²) >= 11 is 6.79. The fourth-order valence-electron chi connectivity index (χ4n) is 1.84. The summed E-state index contributed by atoms with van der Waals surface area (Å²) in [4.78, 5) is 15.6. The predicted octanol–water partition coefficient (Wildman–Crippen LogP) is 4.46. The Balaban J connectivity index is 2.08. The van der Waals surface area contributed by atoms with Gasteiger partial charge in [-0.15, -0.1) is 0 Å². The number of halogens is 2. The van der Waals surface area contributed by atoms with E-state index in [1.807, 2.05) is 30.3 Å². The first-order chi connectivity index (χ1) is 9.69. The molecule has 0 saturated carbocycles. The van der Waals surface area contributed by atoms with E-state index in [0.29, 0.717) is 17.1 Å². The first-order valence-electron chi connectivity index (χ1n) is 5.74. The van der Waals surface area contributed by atoms with Crippen LogP contribution in [-0.4, -0.2) is 15.7 Å². The number of fused-ring (bicyclic) bond motifs is 1. The summed E-state index contributed by atoms with van der Waals surface area (Å²) in [6.45, 7) is 0. The SMILES string of the molecule is O=Cc1c(Oc2ccc(Br)cc2Br)nc2ccccn12. The van der Waals surface area contributed by atoms with E-state index in [1.54, 1.807) is 16.7 Å². The minimum Gasteiger partial charge on any atom is -0.436 e. The van der Waals surface area contributed by atoms with Crippen LogP contribution in [0, 0.1) is 0 Å². The van der Waals surface area contributed by atoms with Gasteiger partial charge in [0.15, 0.2) is 12.0 Å². The Kier molecular flexibility index (Phi) is 3.58. The van der Waals surface area contributed by atoms with E-state index >= 15 is 0 Å². The average molecular weight is 396 g/mol. The van der Waals surface area contributed by atoms with Crippen LogP contribution in [0.1, 0.15) is 10.5 Å². The number of carbonyl (C=O) groups excluding carboxylic acids is 1. The minimum absolute atomic E-state index is 0.286. The number of pyridine rings is 1. The number of carbonyl (C=O) groups is 1. The summed E-state index contributed by atoms with van der Waals surface area (Å²) in [7, 11) is 0. The van der Waals surface area contributed by atoms with E-state index in [1.165, 1.54) is 0 Å². The number of nitrogens with zero attached hydrogens (tertiary/aromatic N) is 2. The highest BCUT2D eigenvalue weighted by atomic mass is 79.9. The van der Waals surface area contributed by atoms with Crippen LogP contribution in [0.2, 0.25) is 0 Å². The van der Waals surface area contributed by atoms with E-state index in [4.69, 9.17) is 4.74 Å². The van der Waals surface area contributed by atoms with E-state index in [9.17, 15) is 4.79 Å². The predicted molar refractivity (Wildman–Crippen MR) is 82.5 cm³/mol. The van der Waals surface area contributed by atoms with Gasteiger partial charge in [-0.05, 0) is 46.3 Å². The fraction of sp³-hybridized carbons (Fsp3) is 0. The van der Waals surface area contributed by atoms with Crippen molar-refractivity contribution in [2.45, 2.75) is 0 Å². The lowest BCUT2D eigenvalue weighted by Gasteiger charge is -2.05. The molecule has 3 aromatic rings. The molecule has 2 aromatic heterocycles. The molecule has 0 radical (unpaired) electrons. The number of aromatic nitrogens is 2. The van der Waals surface area contributed by atoms with Gasteiger partial charge in [0, 0.05) is 10.7 Å². The molecule has 0 aliphatic rings. The maximum atomic E-state index is 11.3. The molecular formula is C14H8Br2N2O2.